The number of thiocarbonyl (C=S) groups is 1. The standard InChI is InChI=1S/C18H27N3S/c1-21(2)17(14-6-4-3-5-7-14)12-19-18(22)20-16-11-13-8-9-15(16)10-13/h3-7,13,15-17H,8-12H2,1-2H3,(H2,19,20,22)/t13-,15-,16-,17-/m1/s1. The zero-order chi connectivity index (χ0) is 15.5. The van der Waals surface area contributed by atoms with Gasteiger partial charge in [-0.3, -0.25) is 0 Å². The first-order chi connectivity index (χ1) is 10.6. The van der Waals surface area contributed by atoms with E-state index in [0.717, 1.165) is 23.5 Å². The fraction of sp³-hybridized carbons (Fsp3) is 0.611. The van der Waals surface area contributed by atoms with E-state index in [2.05, 4.69) is 60.0 Å². The maximum atomic E-state index is 5.52. The summed E-state index contributed by atoms with van der Waals surface area (Å²) < 4.78 is 0. The van der Waals surface area contributed by atoms with E-state index >= 15 is 0 Å². The van der Waals surface area contributed by atoms with Crippen molar-refractivity contribution in [2.45, 2.75) is 37.8 Å². The van der Waals surface area contributed by atoms with Gasteiger partial charge in [0.05, 0.1) is 6.04 Å². The van der Waals surface area contributed by atoms with Crippen LogP contribution in [0.2, 0.25) is 0 Å². The normalized spacial score (nSPS) is 27.9. The first-order valence-electron chi connectivity index (χ1n) is 8.39. The minimum atomic E-state index is 0.334. The van der Waals surface area contributed by atoms with Crippen molar-refractivity contribution in [3.05, 3.63) is 35.9 Å². The topological polar surface area (TPSA) is 27.3 Å². The van der Waals surface area contributed by atoms with Crippen LogP contribution in [0.15, 0.2) is 30.3 Å². The molecule has 4 atom stereocenters. The molecule has 0 aliphatic heterocycles. The van der Waals surface area contributed by atoms with Crippen molar-refractivity contribution in [3.8, 4) is 0 Å². The second kappa shape index (κ2) is 6.97. The average Bonchev–Trinajstić information content (AvgIpc) is 3.11. The third kappa shape index (κ3) is 3.61. The van der Waals surface area contributed by atoms with Crippen LogP contribution in [0.4, 0.5) is 0 Å². The highest BCUT2D eigenvalue weighted by molar-refractivity contribution is 7.80. The van der Waals surface area contributed by atoms with Gasteiger partial charge in [0.25, 0.3) is 0 Å². The molecule has 4 heteroatoms. The highest BCUT2D eigenvalue weighted by Gasteiger charge is 2.39. The van der Waals surface area contributed by atoms with E-state index in [0.29, 0.717) is 12.1 Å². The Balaban J connectivity index is 1.50. The van der Waals surface area contributed by atoms with Crippen molar-refractivity contribution in [1.82, 2.24) is 15.5 Å². The van der Waals surface area contributed by atoms with Gasteiger partial charge in [0.2, 0.25) is 0 Å². The highest BCUT2D eigenvalue weighted by Crippen LogP contribution is 2.44. The molecular weight excluding hydrogens is 290 g/mol. The van der Waals surface area contributed by atoms with Crippen LogP contribution in [0.25, 0.3) is 0 Å². The van der Waals surface area contributed by atoms with E-state index in [-0.39, 0.29) is 0 Å². The molecule has 0 spiro atoms. The number of nitrogens with zero attached hydrogens (tertiary/aromatic N) is 1. The highest BCUT2D eigenvalue weighted by atomic mass is 32.1. The van der Waals surface area contributed by atoms with Crippen molar-refractivity contribution < 1.29 is 0 Å². The number of fused-ring (bicyclic) bond motifs is 2. The van der Waals surface area contributed by atoms with E-state index in [1.165, 1.54) is 31.2 Å². The average molecular weight is 318 g/mol. The predicted octanol–water partition coefficient (Wildman–Crippen LogP) is 2.94. The number of nitrogens with one attached hydrogen (secondary N) is 2. The lowest BCUT2D eigenvalue weighted by molar-refractivity contribution is 0.297. The molecule has 0 radical (unpaired) electrons. The van der Waals surface area contributed by atoms with Crippen molar-refractivity contribution in [2.75, 3.05) is 20.6 Å². The van der Waals surface area contributed by atoms with Gasteiger partial charge in [-0.25, -0.2) is 0 Å². The molecule has 120 valence electrons. The Labute approximate surface area is 139 Å². The second-order valence-electron chi connectivity index (χ2n) is 7.03. The van der Waals surface area contributed by atoms with Crippen LogP contribution in [0.1, 0.15) is 37.3 Å². The molecule has 2 N–H and O–H groups in total. The minimum absolute atomic E-state index is 0.334. The summed E-state index contributed by atoms with van der Waals surface area (Å²) in [5.74, 6) is 1.80. The number of hydrogen-bond acceptors (Lipinski definition) is 2. The smallest absolute Gasteiger partial charge is 0.166 e. The van der Waals surface area contributed by atoms with Crippen LogP contribution in [0.3, 0.4) is 0 Å². The zero-order valence-corrected chi connectivity index (χ0v) is 14.4. The fourth-order valence-corrected chi connectivity index (χ4v) is 4.34. The van der Waals surface area contributed by atoms with Crippen LogP contribution >= 0.6 is 12.2 Å². The molecule has 0 amide bonds. The summed E-state index contributed by atoms with van der Waals surface area (Å²) in [6.45, 7) is 0.837. The summed E-state index contributed by atoms with van der Waals surface area (Å²) in [6, 6.07) is 11.5. The molecule has 0 aromatic heterocycles. The van der Waals surface area contributed by atoms with Gasteiger partial charge in [-0.1, -0.05) is 36.8 Å². The first kappa shape index (κ1) is 15.8. The quantitative estimate of drug-likeness (QED) is 0.817. The van der Waals surface area contributed by atoms with Gasteiger partial charge in [0.1, 0.15) is 0 Å². The lowest BCUT2D eigenvalue weighted by Crippen LogP contribution is -2.46. The van der Waals surface area contributed by atoms with Crippen LogP contribution in [0.5, 0.6) is 0 Å². The first-order valence-corrected chi connectivity index (χ1v) is 8.80. The van der Waals surface area contributed by atoms with Crippen LogP contribution in [-0.2, 0) is 0 Å². The van der Waals surface area contributed by atoms with E-state index in [1.54, 1.807) is 0 Å². The summed E-state index contributed by atoms with van der Waals surface area (Å²) in [7, 11) is 4.23. The summed E-state index contributed by atoms with van der Waals surface area (Å²) in [5.41, 5.74) is 1.32. The Morgan fingerprint density at radius 2 is 2.00 bits per heavy atom. The second-order valence-corrected chi connectivity index (χ2v) is 7.43. The lowest BCUT2D eigenvalue weighted by atomic mass is 9.95. The SMILES string of the molecule is CN(C)[C@H](CNC(=S)N[C@@H]1C[C@@H]2CC[C@@H]1C2)c1ccccc1. The molecule has 2 saturated carbocycles. The fourth-order valence-electron chi connectivity index (χ4n) is 4.10. The van der Waals surface area contributed by atoms with Gasteiger partial charge < -0.3 is 15.5 Å². The zero-order valence-electron chi connectivity index (χ0n) is 13.6. The van der Waals surface area contributed by atoms with Gasteiger partial charge in [-0.2, -0.15) is 0 Å². The van der Waals surface area contributed by atoms with E-state index in [9.17, 15) is 0 Å². The maximum Gasteiger partial charge on any atom is 0.166 e. The Kier molecular flexibility index (Phi) is 4.99. The Morgan fingerprint density at radius 1 is 1.23 bits per heavy atom. The molecule has 1 aromatic carbocycles. The summed E-state index contributed by atoms with van der Waals surface area (Å²) in [4.78, 5) is 2.24. The molecule has 0 saturated heterocycles. The third-order valence-corrected chi connectivity index (χ3v) is 5.58. The monoisotopic (exact) mass is 317 g/mol. The molecule has 0 heterocycles. The van der Waals surface area contributed by atoms with Gasteiger partial charge in [-0.15, -0.1) is 0 Å². The summed E-state index contributed by atoms with van der Waals surface area (Å²) >= 11 is 5.52. The minimum Gasteiger partial charge on any atom is -0.361 e. The van der Waals surface area contributed by atoms with Gasteiger partial charge in [-0.05, 0) is 63.0 Å². The van der Waals surface area contributed by atoms with Crippen molar-refractivity contribution in [2.24, 2.45) is 11.8 Å². The van der Waals surface area contributed by atoms with Crippen LogP contribution < -0.4 is 10.6 Å². The van der Waals surface area contributed by atoms with Crippen molar-refractivity contribution >= 4 is 17.3 Å². The molecule has 0 unspecified atom stereocenters. The number of likely N-dealkylation sites (N-methyl/N-ethyl adjacent to an activating group) is 1. The summed E-state index contributed by atoms with van der Waals surface area (Å²) in [6.07, 6.45) is 5.53. The number of rotatable bonds is 5. The molecule has 2 aliphatic carbocycles. The molecule has 1 aromatic rings. The molecule has 2 fully saturated rings. The van der Waals surface area contributed by atoms with Gasteiger partial charge >= 0.3 is 0 Å². The van der Waals surface area contributed by atoms with Crippen molar-refractivity contribution in [3.63, 3.8) is 0 Å². The maximum absolute atomic E-state index is 5.52. The van der Waals surface area contributed by atoms with E-state index < -0.39 is 0 Å². The van der Waals surface area contributed by atoms with E-state index in [4.69, 9.17) is 12.2 Å². The Hall–Kier alpha value is -1.13. The number of benzene rings is 1. The molecular formula is C18H27N3S. The third-order valence-electron chi connectivity index (χ3n) is 5.32. The lowest BCUT2D eigenvalue weighted by Gasteiger charge is -2.28. The molecule has 3 nitrogen and oxygen atoms in total. The number of hydrogen-bond donors (Lipinski definition) is 2. The molecule has 3 rings (SSSR count). The van der Waals surface area contributed by atoms with E-state index in [1.807, 2.05) is 0 Å². The van der Waals surface area contributed by atoms with Gasteiger partial charge in [0, 0.05) is 12.6 Å². The van der Waals surface area contributed by atoms with Crippen molar-refractivity contribution in [1.29, 1.82) is 0 Å². The van der Waals surface area contributed by atoms with Gasteiger partial charge in [0.15, 0.2) is 5.11 Å². The Bertz CT molecular complexity index is 502. The predicted molar refractivity (Wildman–Crippen MR) is 95.8 cm³/mol. The van der Waals surface area contributed by atoms with Crippen LogP contribution in [-0.4, -0.2) is 36.7 Å². The largest absolute Gasteiger partial charge is 0.361 e. The molecule has 2 bridgehead atoms. The Morgan fingerprint density at radius 3 is 2.59 bits per heavy atom. The summed E-state index contributed by atoms with van der Waals surface area (Å²) in [5, 5.41) is 7.81. The molecule has 2 aliphatic rings. The molecule has 22 heavy (non-hydrogen) atoms. The van der Waals surface area contributed by atoms with Crippen LogP contribution in [0, 0.1) is 11.8 Å².